The number of para-hydroxylation sites is 1. The van der Waals surface area contributed by atoms with Crippen molar-refractivity contribution in [2.45, 2.75) is 33.2 Å². The van der Waals surface area contributed by atoms with E-state index in [2.05, 4.69) is 29.5 Å². The largest absolute Gasteiger partial charge is 0.462 e. The van der Waals surface area contributed by atoms with Gasteiger partial charge in [0.2, 0.25) is 0 Å². The van der Waals surface area contributed by atoms with Gasteiger partial charge in [0.1, 0.15) is 5.69 Å². The molecule has 2 rings (SSSR count). The molecular weight excluding hydrogens is 318 g/mol. The van der Waals surface area contributed by atoms with Crippen LogP contribution in [0.3, 0.4) is 0 Å². The molecule has 6 heteroatoms. The maximum atomic E-state index is 12.5. The van der Waals surface area contributed by atoms with E-state index in [1.165, 1.54) is 0 Å². The number of carbonyl (C=O) groups excluding carboxylic acids is 2. The molecule has 0 fully saturated rings. The second-order valence-corrected chi connectivity index (χ2v) is 5.60. The van der Waals surface area contributed by atoms with Gasteiger partial charge in [0.25, 0.3) is 5.91 Å². The lowest BCUT2D eigenvalue weighted by Crippen LogP contribution is -2.18. The Morgan fingerprint density at radius 3 is 2.68 bits per heavy atom. The first-order valence-corrected chi connectivity index (χ1v) is 8.35. The van der Waals surface area contributed by atoms with Crippen molar-refractivity contribution in [2.24, 2.45) is 0 Å². The van der Waals surface area contributed by atoms with Crippen LogP contribution in [0.4, 0.5) is 11.4 Å². The van der Waals surface area contributed by atoms with Crippen LogP contribution in [-0.2, 0) is 4.74 Å². The molecule has 0 aliphatic carbocycles. The van der Waals surface area contributed by atoms with Gasteiger partial charge in [0.15, 0.2) is 0 Å². The molecule has 1 aromatic carbocycles. The SMILES string of the molecule is CCOC(=O)c1ccccc1NC(=O)c1cc(NC(C)CC)ccn1. The number of carbonyl (C=O) groups is 2. The summed E-state index contributed by atoms with van der Waals surface area (Å²) in [4.78, 5) is 28.6. The van der Waals surface area contributed by atoms with E-state index < -0.39 is 5.97 Å². The Balaban J connectivity index is 2.18. The zero-order valence-corrected chi connectivity index (χ0v) is 14.7. The Morgan fingerprint density at radius 2 is 1.96 bits per heavy atom. The number of rotatable bonds is 7. The van der Waals surface area contributed by atoms with Crippen LogP contribution in [-0.4, -0.2) is 29.5 Å². The highest BCUT2D eigenvalue weighted by Gasteiger charge is 2.15. The molecule has 0 saturated carbocycles. The predicted octanol–water partition coefficient (Wildman–Crippen LogP) is 3.72. The lowest BCUT2D eigenvalue weighted by atomic mass is 10.1. The van der Waals surface area contributed by atoms with Crippen LogP contribution >= 0.6 is 0 Å². The minimum absolute atomic E-state index is 0.270. The molecular formula is C19H23N3O3. The number of nitrogens with zero attached hydrogens (tertiary/aromatic N) is 1. The van der Waals surface area contributed by atoms with Gasteiger partial charge in [-0.15, -0.1) is 0 Å². The standard InChI is InChI=1S/C19H23N3O3/c1-4-13(3)21-14-10-11-20-17(12-14)18(23)22-16-9-7-6-8-15(16)19(24)25-5-2/h6-13H,4-5H2,1-3H3,(H,20,21)(H,22,23). The normalized spacial score (nSPS) is 11.5. The molecule has 0 saturated heterocycles. The number of ether oxygens (including phenoxy) is 1. The molecule has 0 aliphatic heterocycles. The summed E-state index contributed by atoms with van der Waals surface area (Å²) in [6.45, 7) is 6.15. The zero-order valence-electron chi connectivity index (χ0n) is 14.7. The van der Waals surface area contributed by atoms with Crippen molar-refractivity contribution in [2.75, 3.05) is 17.2 Å². The van der Waals surface area contributed by atoms with E-state index in [-0.39, 0.29) is 18.2 Å². The molecule has 0 radical (unpaired) electrons. The van der Waals surface area contributed by atoms with E-state index in [0.717, 1.165) is 12.1 Å². The number of amides is 1. The Labute approximate surface area is 147 Å². The fourth-order valence-electron chi connectivity index (χ4n) is 2.20. The molecule has 2 N–H and O–H groups in total. The minimum Gasteiger partial charge on any atom is -0.462 e. The third kappa shape index (κ3) is 5.04. The number of anilines is 2. The van der Waals surface area contributed by atoms with Gasteiger partial charge < -0.3 is 15.4 Å². The molecule has 25 heavy (non-hydrogen) atoms. The molecule has 6 nitrogen and oxygen atoms in total. The van der Waals surface area contributed by atoms with Crippen molar-refractivity contribution in [3.63, 3.8) is 0 Å². The van der Waals surface area contributed by atoms with E-state index in [4.69, 9.17) is 4.74 Å². The van der Waals surface area contributed by atoms with Gasteiger partial charge in [-0.25, -0.2) is 4.79 Å². The van der Waals surface area contributed by atoms with Gasteiger partial charge in [-0.2, -0.15) is 0 Å². The monoisotopic (exact) mass is 341 g/mol. The number of nitrogens with one attached hydrogen (secondary N) is 2. The molecule has 0 aliphatic rings. The van der Waals surface area contributed by atoms with Crippen LogP contribution in [0.25, 0.3) is 0 Å². The van der Waals surface area contributed by atoms with Gasteiger partial charge in [-0.05, 0) is 44.5 Å². The van der Waals surface area contributed by atoms with Gasteiger partial charge in [-0.1, -0.05) is 19.1 Å². The van der Waals surface area contributed by atoms with Crippen molar-refractivity contribution < 1.29 is 14.3 Å². The Morgan fingerprint density at radius 1 is 1.20 bits per heavy atom. The molecule has 1 aromatic heterocycles. The van der Waals surface area contributed by atoms with Gasteiger partial charge in [0.05, 0.1) is 17.9 Å². The highest BCUT2D eigenvalue weighted by Crippen LogP contribution is 2.18. The Kier molecular flexibility index (Phi) is 6.51. The van der Waals surface area contributed by atoms with E-state index in [1.807, 2.05) is 6.07 Å². The number of hydrogen-bond donors (Lipinski definition) is 2. The summed E-state index contributed by atoms with van der Waals surface area (Å²) in [5, 5.41) is 6.03. The lowest BCUT2D eigenvalue weighted by Gasteiger charge is -2.14. The summed E-state index contributed by atoms with van der Waals surface area (Å²) in [6, 6.07) is 10.5. The fraction of sp³-hybridized carbons (Fsp3) is 0.316. The predicted molar refractivity (Wildman–Crippen MR) is 98.0 cm³/mol. The quantitative estimate of drug-likeness (QED) is 0.750. The summed E-state index contributed by atoms with van der Waals surface area (Å²) < 4.78 is 5.02. The first-order valence-electron chi connectivity index (χ1n) is 8.35. The Bertz CT molecular complexity index is 746. The van der Waals surface area contributed by atoms with Crippen LogP contribution in [0, 0.1) is 0 Å². The van der Waals surface area contributed by atoms with Crippen LogP contribution < -0.4 is 10.6 Å². The maximum absolute atomic E-state index is 12.5. The van der Waals surface area contributed by atoms with Crippen LogP contribution in [0.1, 0.15) is 48.0 Å². The average Bonchev–Trinajstić information content (AvgIpc) is 2.62. The third-order valence-electron chi connectivity index (χ3n) is 3.69. The van der Waals surface area contributed by atoms with Gasteiger partial charge in [0, 0.05) is 17.9 Å². The lowest BCUT2D eigenvalue weighted by molar-refractivity contribution is 0.0527. The molecule has 1 amide bonds. The molecule has 132 valence electrons. The van der Waals surface area contributed by atoms with E-state index in [9.17, 15) is 9.59 Å². The second-order valence-electron chi connectivity index (χ2n) is 5.60. The summed E-state index contributed by atoms with van der Waals surface area (Å²) >= 11 is 0. The highest BCUT2D eigenvalue weighted by atomic mass is 16.5. The fourth-order valence-corrected chi connectivity index (χ4v) is 2.20. The van der Waals surface area contributed by atoms with Crippen molar-refractivity contribution in [3.8, 4) is 0 Å². The topological polar surface area (TPSA) is 80.3 Å². The van der Waals surface area contributed by atoms with Gasteiger partial charge in [-0.3, -0.25) is 9.78 Å². The van der Waals surface area contributed by atoms with Crippen molar-refractivity contribution in [1.29, 1.82) is 0 Å². The molecule has 0 spiro atoms. The smallest absolute Gasteiger partial charge is 0.340 e. The summed E-state index contributed by atoms with van der Waals surface area (Å²) in [7, 11) is 0. The van der Waals surface area contributed by atoms with Crippen molar-refractivity contribution in [1.82, 2.24) is 4.98 Å². The highest BCUT2D eigenvalue weighted by molar-refractivity contribution is 6.07. The summed E-state index contributed by atoms with van der Waals surface area (Å²) in [6.07, 6.45) is 2.55. The summed E-state index contributed by atoms with van der Waals surface area (Å²) in [5.41, 5.74) is 1.81. The first kappa shape index (κ1) is 18.4. The average molecular weight is 341 g/mol. The maximum Gasteiger partial charge on any atom is 0.340 e. The van der Waals surface area contributed by atoms with E-state index in [0.29, 0.717) is 17.3 Å². The third-order valence-corrected chi connectivity index (χ3v) is 3.69. The van der Waals surface area contributed by atoms with Crippen LogP contribution in [0.2, 0.25) is 0 Å². The van der Waals surface area contributed by atoms with Crippen molar-refractivity contribution in [3.05, 3.63) is 53.9 Å². The number of aromatic nitrogens is 1. The van der Waals surface area contributed by atoms with Crippen LogP contribution in [0.15, 0.2) is 42.6 Å². The zero-order chi connectivity index (χ0) is 18.2. The number of esters is 1. The first-order chi connectivity index (χ1) is 12.0. The number of pyridine rings is 1. The van der Waals surface area contributed by atoms with Crippen LogP contribution in [0.5, 0.6) is 0 Å². The van der Waals surface area contributed by atoms with Crippen molar-refractivity contribution >= 4 is 23.3 Å². The summed E-state index contributed by atoms with van der Waals surface area (Å²) in [5.74, 6) is -0.858. The molecule has 1 unspecified atom stereocenters. The molecule has 1 atom stereocenters. The number of benzene rings is 1. The van der Waals surface area contributed by atoms with E-state index >= 15 is 0 Å². The molecule has 1 heterocycles. The second kappa shape index (κ2) is 8.82. The van der Waals surface area contributed by atoms with E-state index in [1.54, 1.807) is 43.5 Å². The molecule has 2 aromatic rings. The molecule has 0 bridgehead atoms. The minimum atomic E-state index is -0.474. The van der Waals surface area contributed by atoms with Gasteiger partial charge >= 0.3 is 5.97 Å². The number of hydrogen-bond acceptors (Lipinski definition) is 5. The Hall–Kier alpha value is -2.89.